The van der Waals surface area contributed by atoms with E-state index < -0.39 is 15.3 Å². The van der Waals surface area contributed by atoms with E-state index in [1.807, 2.05) is 12.1 Å². The van der Waals surface area contributed by atoms with Crippen molar-refractivity contribution in [2.24, 2.45) is 5.14 Å². The number of hydrogen-bond acceptors (Lipinski definition) is 2. The van der Waals surface area contributed by atoms with Gasteiger partial charge in [0.2, 0.25) is 10.0 Å². The van der Waals surface area contributed by atoms with Gasteiger partial charge in [-0.15, -0.1) is 0 Å². The Morgan fingerprint density at radius 3 is 2.33 bits per heavy atom. The van der Waals surface area contributed by atoms with Crippen molar-refractivity contribution in [3.63, 3.8) is 0 Å². The zero-order valence-corrected chi connectivity index (χ0v) is 10.1. The number of rotatable bonds is 4. The number of primary sulfonamides is 1. The number of benzene rings is 1. The third kappa shape index (κ3) is 4.20. The fourth-order valence-electron chi connectivity index (χ4n) is 1.19. The molecule has 0 heterocycles. The lowest BCUT2D eigenvalue weighted by Gasteiger charge is -2.08. The second-order valence-corrected chi connectivity index (χ2v) is 5.98. The molecule has 0 amide bonds. The Morgan fingerprint density at radius 1 is 1.33 bits per heavy atom. The molecule has 5 heteroatoms. The molecule has 0 aliphatic carbocycles. The molecule has 15 heavy (non-hydrogen) atoms. The van der Waals surface area contributed by atoms with Crippen LogP contribution in [0.5, 0.6) is 0 Å². The average molecular weight is 248 g/mol. The lowest BCUT2D eigenvalue weighted by atomic mass is 10.1. The number of halogens is 1. The fraction of sp³-hybridized carbons (Fsp3) is 0.400. The predicted molar refractivity (Wildman–Crippen MR) is 62.3 cm³/mol. The average Bonchev–Trinajstić information content (AvgIpc) is 2.15. The van der Waals surface area contributed by atoms with E-state index in [2.05, 4.69) is 0 Å². The zero-order valence-electron chi connectivity index (χ0n) is 8.48. The van der Waals surface area contributed by atoms with E-state index in [0.29, 0.717) is 17.9 Å². The predicted octanol–water partition coefficient (Wildman–Crippen LogP) is 1.95. The first-order chi connectivity index (χ1) is 6.89. The van der Waals surface area contributed by atoms with E-state index in [-0.39, 0.29) is 0 Å². The summed E-state index contributed by atoms with van der Waals surface area (Å²) < 4.78 is 21.9. The summed E-state index contributed by atoms with van der Waals surface area (Å²) in [5.74, 6) is 0. The van der Waals surface area contributed by atoms with Gasteiger partial charge in [0.1, 0.15) is 0 Å². The molecule has 0 aliphatic heterocycles. The number of aryl methyl sites for hydroxylation is 1. The van der Waals surface area contributed by atoms with Crippen LogP contribution < -0.4 is 5.14 Å². The molecule has 3 nitrogen and oxygen atoms in total. The Hall–Kier alpha value is -0.580. The van der Waals surface area contributed by atoms with Crippen LogP contribution in [0.2, 0.25) is 5.02 Å². The molecule has 1 atom stereocenters. The first-order valence-electron chi connectivity index (χ1n) is 4.65. The SMILES string of the molecule is CC(CCc1ccc(Cl)cc1)S(N)(=O)=O. The quantitative estimate of drug-likeness (QED) is 0.884. The van der Waals surface area contributed by atoms with Crippen molar-refractivity contribution in [2.45, 2.75) is 25.0 Å². The minimum Gasteiger partial charge on any atom is -0.228 e. The van der Waals surface area contributed by atoms with Gasteiger partial charge in [-0.1, -0.05) is 23.7 Å². The molecule has 0 spiro atoms. The van der Waals surface area contributed by atoms with E-state index in [4.69, 9.17) is 16.7 Å². The van der Waals surface area contributed by atoms with Gasteiger partial charge in [0.25, 0.3) is 0 Å². The van der Waals surface area contributed by atoms with Crippen LogP contribution >= 0.6 is 11.6 Å². The first kappa shape index (κ1) is 12.5. The van der Waals surface area contributed by atoms with E-state index in [1.165, 1.54) is 0 Å². The molecule has 1 aromatic carbocycles. The van der Waals surface area contributed by atoms with Gasteiger partial charge < -0.3 is 0 Å². The molecule has 0 aromatic heterocycles. The van der Waals surface area contributed by atoms with E-state index in [0.717, 1.165) is 5.56 Å². The van der Waals surface area contributed by atoms with Crippen LogP contribution in [0.1, 0.15) is 18.9 Å². The molecule has 1 unspecified atom stereocenters. The summed E-state index contributed by atoms with van der Waals surface area (Å²) in [5.41, 5.74) is 1.06. The molecule has 84 valence electrons. The topological polar surface area (TPSA) is 60.2 Å². The minimum atomic E-state index is -3.41. The third-order valence-electron chi connectivity index (χ3n) is 2.31. The first-order valence-corrected chi connectivity index (χ1v) is 6.64. The summed E-state index contributed by atoms with van der Waals surface area (Å²) in [6.07, 6.45) is 1.22. The van der Waals surface area contributed by atoms with Gasteiger partial charge in [0.15, 0.2) is 0 Å². The standard InChI is InChI=1S/C10H14ClNO2S/c1-8(15(12,13)14)2-3-9-4-6-10(11)7-5-9/h4-8H,2-3H2,1H3,(H2,12,13,14). The molecule has 0 saturated carbocycles. The zero-order chi connectivity index (χ0) is 11.5. The summed E-state index contributed by atoms with van der Waals surface area (Å²) in [6, 6.07) is 7.35. The van der Waals surface area contributed by atoms with Gasteiger partial charge in [-0.05, 0) is 37.5 Å². The number of hydrogen-bond donors (Lipinski definition) is 1. The highest BCUT2D eigenvalue weighted by atomic mass is 35.5. The van der Waals surface area contributed by atoms with Gasteiger partial charge in [-0.3, -0.25) is 0 Å². The lowest BCUT2D eigenvalue weighted by molar-refractivity contribution is 0.579. The van der Waals surface area contributed by atoms with Crippen LogP contribution in [0, 0.1) is 0 Å². The van der Waals surface area contributed by atoms with Crippen molar-refractivity contribution in [3.05, 3.63) is 34.9 Å². The maximum absolute atomic E-state index is 11.0. The minimum absolute atomic E-state index is 0.506. The maximum Gasteiger partial charge on any atom is 0.211 e. The van der Waals surface area contributed by atoms with Crippen molar-refractivity contribution in [1.29, 1.82) is 0 Å². The van der Waals surface area contributed by atoms with Crippen LogP contribution in [0.25, 0.3) is 0 Å². The van der Waals surface area contributed by atoms with Crippen molar-refractivity contribution >= 4 is 21.6 Å². The van der Waals surface area contributed by atoms with Gasteiger partial charge in [0.05, 0.1) is 5.25 Å². The monoisotopic (exact) mass is 247 g/mol. The molecule has 0 bridgehead atoms. The summed E-state index contributed by atoms with van der Waals surface area (Å²) in [6.45, 7) is 1.62. The highest BCUT2D eigenvalue weighted by Crippen LogP contribution is 2.13. The van der Waals surface area contributed by atoms with E-state index >= 15 is 0 Å². The maximum atomic E-state index is 11.0. The van der Waals surface area contributed by atoms with E-state index in [1.54, 1.807) is 19.1 Å². The molecular weight excluding hydrogens is 234 g/mol. The second-order valence-electron chi connectivity index (χ2n) is 3.56. The highest BCUT2D eigenvalue weighted by molar-refractivity contribution is 7.89. The summed E-state index contributed by atoms with van der Waals surface area (Å²) in [5, 5.41) is 5.19. The van der Waals surface area contributed by atoms with Crippen LogP contribution in [0.3, 0.4) is 0 Å². The van der Waals surface area contributed by atoms with Crippen LogP contribution in [0.4, 0.5) is 0 Å². The molecule has 2 N–H and O–H groups in total. The summed E-state index contributed by atoms with van der Waals surface area (Å²) in [7, 11) is -3.41. The smallest absolute Gasteiger partial charge is 0.211 e. The van der Waals surface area contributed by atoms with Crippen molar-refractivity contribution in [1.82, 2.24) is 0 Å². The molecule has 0 saturated heterocycles. The summed E-state index contributed by atoms with van der Waals surface area (Å²) >= 11 is 5.73. The van der Waals surface area contributed by atoms with Crippen LogP contribution in [-0.4, -0.2) is 13.7 Å². The Morgan fingerprint density at radius 2 is 1.87 bits per heavy atom. The molecule has 0 fully saturated rings. The molecule has 0 radical (unpaired) electrons. The Bertz CT molecular complexity index is 414. The van der Waals surface area contributed by atoms with Gasteiger partial charge >= 0.3 is 0 Å². The molecule has 0 aliphatic rings. The van der Waals surface area contributed by atoms with Crippen LogP contribution in [0.15, 0.2) is 24.3 Å². The fourth-order valence-corrected chi connectivity index (χ4v) is 1.76. The van der Waals surface area contributed by atoms with Crippen LogP contribution in [-0.2, 0) is 16.4 Å². The Labute approximate surface area is 95.3 Å². The Balaban J connectivity index is 2.55. The molecular formula is C10H14ClNO2S. The van der Waals surface area contributed by atoms with Gasteiger partial charge in [-0.25, -0.2) is 13.6 Å². The molecule has 1 rings (SSSR count). The summed E-state index contributed by atoms with van der Waals surface area (Å²) in [4.78, 5) is 0. The largest absolute Gasteiger partial charge is 0.228 e. The third-order valence-corrected chi connectivity index (χ3v) is 3.92. The Kier molecular flexibility index (Phi) is 4.13. The lowest BCUT2D eigenvalue weighted by Crippen LogP contribution is -2.26. The highest BCUT2D eigenvalue weighted by Gasteiger charge is 2.14. The van der Waals surface area contributed by atoms with Gasteiger partial charge in [0, 0.05) is 5.02 Å². The van der Waals surface area contributed by atoms with E-state index in [9.17, 15) is 8.42 Å². The molecule has 1 aromatic rings. The normalized spacial score (nSPS) is 13.8. The van der Waals surface area contributed by atoms with Gasteiger partial charge in [-0.2, -0.15) is 0 Å². The van der Waals surface area contributed by atoms with Crippen molar-refractivity contribution < 1.29 is 8.42 Å². The van der Waals surface area contributed by atoms with Crippen molar-refractivity contribution in [2.75, 3.05) is 0 Å². The number of sulfonamides is 1. The number of nitrogens with two attached hydrogens (primary N) is 1. The van der Waals surface area contributed by atoms with Crippen molar-refractivity contribution in [3.8, 4) is 0 Å². The second kappa shape index (κ2) is 4.96.